The molecule has 0 amide bonds. The van der Waals surface area contributed by atoms with Gasteiger partial charge in [0.2, 0.25) is 0 Å². The Balaban J connectivity index is 4.55. The molecule has 0 rings (SSSR count). The average Bonchev–Trinajstić information content (AvgIpc) is 3.22. The number of carbonyl (C=O) groups excluding carboxylic acids is 4. The number of ketones is 1. The third kappa shape index (κ3) is 43.1. The molecule has 1 atom stereocenters. The molecule has 0 aliphatic rings. The Labute approximate surface area is 369 Å². The predicted molar refractivity (Wildman–Crippen MR) is 252 cm³/mol. The van der Waals surface area contributed by atoms with Gasteiger partial charge < -0.3 is 14.2 Å². The second-order valence-corrected chi connectivity index (χ2v) is 17.4. The van der Waals surface area contributed by atoms with Crippen molar-refractivity contribution < 1.29 is 33.4 Å². The second-order valence-electron chi connectivity index (χ2n) is 17.4. The molecule has 0 saturated carbocycles. The van der Waals surface area contributed by atoms with Gasteiger partial charge in [-0.15, -0.1) is 0 Å². The number of hydrogen-bond donors (Lipinski definition) is 0. The van der Waals surface area contributed by atoms with Crippen LogP contribution in [0.3, 0.4) is 0 Å². The Morgan fingerprint density at radius 2 is 0.850 bits per heavy atom. The molecule has 0 saturated heterocycles. The van der Waals surface area contributed by atoms with E-state index in [1.54, 1.807) is 0 Å². The first kappa shape index (κ1) is 57.0. The molecule has 0 aliphatic heterocycles. The lowest BCUT2D eigenvalue weighted by Gasteiger charge is -2.18. The molecular weight excluding hydrogens is 749 g/mol. The molecule has 0 heterocycles. The number of ether oxygens (including phenoxy) is 3. The van der Waals surface area contributed by atoms with E-state index in [0.717, 1.165) is 103 Å². The van der Waals surface area contributed by atoms with E-state index in [0.29, 0.717) is 31.1 Å². The van der Waals surface area contributed by atoms with Crippen molar-refractivity contribution in [1.29, 1.82) is 0 Å². The number of allylic oxidation sites excluding steroid dienone is 8. The van der Waals surface area contributed by atoms with Crippen molar-refractivity contribution in [2.45, 2.75) is 240 Å². The van der Waals surface area contributed by atoms with Crippen molar-refractivity contribution in [2.75, 3.05) is 13.2 Å². The van der Waals surface area contributed by atoms with E-state index in [9.17, 15) is 19.2 Å². The molecule has 0 radical (unpaired) electrons. The van der Waals surface area contributed by atoms with Crippen LogP contribution < -0.4 is 0 Å². The van der Waals surface area contributed by atoms with Crippen LogP contribution in [0.2, 0.25) is 0 Å². The van der Waals surface area contributed by atoms with Crippen LogP contribution in [0.15, 0.2) is 48.6 Å². The number of hydrogen-bond acceptors (Lipinski definition) is 7. The topological polar surface area (TPSA) is 96.0 Å². The highest BCUT2D eigenvalue weighted by atomic mass is 16.6. The van der Waals surface area contributed by atoms with Gasteiger partial charge in [-0.05, 0) is 95.3 Å². The number of rotatable bonds is 43. The van der Waals surface area contributed by atoms with Gasteiger partial charge in [0.1, 0.15) is 19.0 Å². The Bertz CT molecular complexity index is 1090. The van der Waals surface area contributed by atoms with E-state index in [1.807, 2.05) is 0 Å². The van der Waals surface area contributed by atoms with Gasteiger partial charge >= 0.3 is 17.9 Å². The zero-order valence-corrected chi connectivity index (χ0v) is 39.5. The summed E-state index contributed by atoms with van der Waals surface area (Å²) in [6, 6.07) is 0. The molecule has 0 spiro atoms. The Morgan fingerprint density at radius 1 is 0.417 bits per heavy atom. The van der Waals surface area contributed by atoms with Crippen LogP contribution in [0.1, 0.15) is 234 Å². The monoisotopic (exact) mass is 841 g/mol. The molecule has 0 aromatic heterocycles. The third-order valence-corrected chi connectivity index (χ3v) is 10.8. The minimum Gasteiger partial charge on any atom is -0.462 e. The van der Waals surface area contributed by atoms with Crippen molar-refractivity contribution >= 4 is 23.7 Å². The van der Waals surface area contributed by atoms with Crippen LogP contribution in [-0.4, -0.2) is 43.0 Å². The highest BCUT2D eigenvalue weighted by Crippen LogP contribution is 2.18. The summed E-state index contributed by atoms with van der Waals surface area (Å²) < 4.78 is 16.6. The van der Waals surface area contributed by atoms with E-state index in [-0.39, 0.29) is 43.8 Å². The smallest absolute Gasteiger partial charge is 0.306 e. The molecular formula is C53H92O7. The lowest BCUT2D eigenvalue weighted by molar-refractivity contribution is -0.167. The van der Waals surface area contributed by atoms with E-state index in [4.69, 9.17) is 14.2 Å². The van der Waals surface area contributed by atoms with Gasteiger partial charge in [-0.25, -0.2) is 0 Å². The Hall–Kier alpha value is -2.96. The van der Waals surface area contributed by atoms with E-state index in [2.05, 4.69) is 83.2 Å². The maximum absolute atomic E-state index is 12.8. The lowest BCUT2D eigenvalue weighted by atomic mass is 9.94. The van der Waals surface area contributed by atoms with Crippen LogP contribution in [0.5, 0.6) is 0 Å². The fourth-order valence-electron chi connectivity index (χ4n) is 6.83. The molecule has 0 bridgehead atoms. The largest absolute Gasteiger partial charge is 0.462 e. The minimum absolute atomic E-state index is 0.0448. The van der Waals surface area contributed by atoms with Gasteiger partial charge in [0.25, 0.3) is 0 Å². The van der Waals surface area contributed by atoms with Crippen molar-refractivity contribution in [3.63, 3.8) is 0 Å². The quantitative estimate of drug-likeness (QED) is 0.0261. The predicted octanol–water partition coefficient (Wildman–Crippen LogP) is 15.2. The van der Waals surface area contributed by atoms with Gasteiger partial charge in [0.15, 0.2) is 6.10 Å². The van der Waals surface area contributed by atoms with Gasteiger partial charge in [-0.3, -0.25) is 19.2 Å². The van der Waals surface area contributed by atoms with Crippen molar-refractivity contribution in [3.8, 4) is 0 Å². The first-order chi connectivity index (χ1) is 29.2. The molecule has 0 N–H and O–H groups in total. The van der Waals surface area contributed by atoms with Gasteiger partial charge in [-0.2, -0.15) is 0 Å². The maximum atomic E-state index is 12.8. The maximum Gasteiger partial charge on any atom is 0.306 e. The van der Waals surface area contributed by atoms with E-state index in [1.165, 1.54) is 64.2 Å². The third-order valence-electron chi connectivity index (χ3n) is 10.8. The minimum atomic E-state index is -0.907. The highest BCUT2D eigenvalue weighted by Gasteiger charge is 2.20. The zero-order valence-electron chi connectivity index (χ0n) is 39.5. The van der Waals surface area contributed by atoms with Crippen molar-refractivity contribution in [2.24, 2.45) is 11.8 Å². The molecule has 1 unspecified atom stereocenters. The summed E-state index contributed by atoms with van der Waals surface area (Å²) >= 11 is 0. The molecule has 0 fully saturated rings. The summed E-state index contributed by atoms with van der Waals surface area (Å²) in [5.41, 5.74) is 0. The number of unbranched alkanes of at least 4 members (excludes halogenated alkanes) is 16. The summed E-state index contributed by atoms with van der Waals surface area (Å²) in [6.07, 6.45) is 46.9. The molecule has 7 nitrogen and oxygen atoms in total. The second kappa shape index (κ2) is 44.1. The first-order valence-corrected chi connectivity index (χ1v) is 24.8. The van der Waals surface area contributed by atoms with Crippen LogP contribution in [0.4, 0.5) is 0 Å². The zero-order chi connectivity index (χ0) is 44.2. The fraction of sp³-hybridized carbons (Fsp3) is 0.774. The average molecular weight is 841 g/mol. The summed E-state index contributed by atoms with van der Waals surface area (Å²) in [4.78, 5) is 50.5. The Kier molecular flexibility index (Phi) is 41.9. The van der Waals surface area contributed by atoms with Crippen molar-refractivity contribution in [1.82, 2.24) is 0 Å². The van der Waals surface area contributed by atoms with Crippen molar-refractivity contribution in [3.05, 3.63) is 48.6 Å². The highest BCUT2D eigenvalue weighted by molar-refractivity contribution is 5.83. The molecule has 346 valence electrons. The molecule has 0 aromatic carbocycles. The molecule has 0 aliphatic carbocycles. The SMILES string of the molecule is CCCCC/C=C\C/C=C\CCCCCCCC(=O)OCC(COC(=O)CCCCCCC/C=C\C/C=C\CCCCC)OC(=O)CCC(=O)CCC(C)CCCC(C)C. The van der Waals surface area contributed by atoms with Crippen LogP contribution in [0, 0.1) is 11.8 Å². The van der Waals surface area contributed by atoms with E-state index >= 15 is 0 Å². The summed E-state index contributed by atoms with van der Waals surface area (Å²) in [5.74, 6) is -0.0404. The summed E-state index contributed by atoms with van der Waals surface area (Å²) in [7, 11) is 0. The normalized spacial score (nSPS) is 12.5. The summed E-state index contributed by atoms with van der Waals surface area (Å²) in [6.45, 7) is 10.7. The van der Waals surface area contributed by atoms with Gasteiger partial charge in [0, 0.05) is 25.7 Å². The molecule has 60 heavy (non-hydrogen) atoms. The standard InChI is InChI=1S/C53H92O7/c1-6-8-10-12-14-16-18-20-22-24-26-28-30-32-34-39-51(55)58-45-50(60-53(57)44-43-49(54)42-41-48(5)38-36-37-47(3)4)46-59-52(56)40-35-33-31-29-27-25-23-21-19-17-15-13-11-9-7-2/h14-17,20-23,47-48,50H,6-13,18-19,24-46H2,1-5H3/b16-14-,17-15-,22-20-,23-21-. The van der Waals surface area contributed by atoms with Gasteiger partial charge in [0.05, 0.1) is 6.42 Å². The first-order valence-electron chi connectivity index (χ1n) is 24.8. The number of esters is 3. The van der Waals surface area contributed by atoms with Gasteiger partial charge in [-0.1, -0.05) is 167 Å². The van der Waals surface area contributed by atoms with Crippen LogP contribution in [-0.2, 0) is 33.4 Å². The lowest BCUT2D eigenvalue weighted by Crippen LogP contribution is -2.31. The molecule has 0 aromatic rings. The Morgan fingerprint density at radius 3 is 1.30 bits per heavy atom. The van der Waals surface area contributed by atoms with Crippen LogP contribution >= 0.6 is 0 Å². The van der Waals surface area contributed by atoms with Crippen LogP contribution in [0.25, 0.3) is 0 Å². The summed E-state index contributed by atoms with van der Waals surface area (Å²) in [5, 5.41) is 0. The molecule has 7 heteroatoms. The number of carbonyl (C=O) groups is 4. The van der Waals surface area contributed by atoms with E-state index < -0.39 is 12.1 Å². The fourth-order valence-corrected chi connectivity index (χ4v) is 6.83. The number of Topliss-reactive ketones (excluding diaryl/α,β-unsaturated/α-hetero) is 1.